The number of rotatable bonds is 6. The number of methoxy groups -OCH3 is 1. The van der Waals surface area contributed by atoms with Crippen LogP contribution in [0.2, 0.25) is 0 Å². The monoisotopic (exact) mass is 500 g/mol. The van der Waals surface area contributed by atoms with E-state index in [2.05, 4.69) is 22.0 Å². The van der Waals surface area contributed by atoms with Crippen LogP contribution in [0.1, 0.15) is 49.8 Å². The van der Waals surface area contributed by atoms with E-state index in [0.29, 0.717) is 28.5 Å². The molecule has 2 aromatic heterocycles. The van der Waals surface area contributed by atoms with Crippen LogP contribution in [-0.4, -0.2) is 41.8 Å². The lowest BCUT2D eigenvalue weighted by molar-refractivity contribution is 0.360. The zero-order valence-corrected chi connectivity index (χ0v) is 21.2. The van der Waals surface area contributed by atoms with E-state index in [1.807, 2.05) is 18.0 Å². The molecule has 2 heterocycles. The third-order valence-electron chi connectivity index (χ3n) is 7.76. The van der Waals surface area contributed by atoms with E-state index in [1.54, 1.807) is 26.3 Å². The first-order valence-electron chi connectivity index (χ1n) is 12.6. The molecule has 8 nitrogen and oxygen atoms in total. The van der Waals surface area contributed by atoms with Crippen molar-refractivity contribution in [1.29, 1.82) is 10.5 Å². The van der Waals surface area contributed by atoms with Gasteiger partial charge < -0.3 is 19.1 Å². The van der Waals surface area contributed by atoms with E-state index in [4.69, 9.17) is 4.74 Å². The molecule has 2 aliphatic carbocycles. The number of nitriles is 2. The highest BCUT2D eigenvalue weighted by atomic mass is 19.1. The van der Waals surface area contributed by atoms with Gasteiger partial charge in [-0.3, -0.25) is 4.79 Å². The Kier molecular flexibility index (Phi) is 6.47. The molecule has 190 valence electrons. The van der Waals surface area contributed by atoms with Crippen molar-refractivity contribution >= 4 is 22.4 Å². The Morgan fingerprint density at radius 1 is 1.03 bits per heavy atom. The average Bonchev–Trinajstić information content (AvgIpc) is 3.76. The number of anilines is 2. The van der Waals surface area contributed by atoms with E-state index in [1.165, 1.54) is 16.7 Å². The second kappa shape index (κ2) is 9.74. The average molecular weight is 501 g/mol. The maximum atomic E-state index is 13.9. The van der Waals surface area contributed by atoms with E-state index in [9.17, 15) is 19.7 Å². The molecule has 0 spiro atoms. The maximum Gasteiger partial charge on any atom is 0.270 e. The SMILES string of the molecule is COc1cc(F)ccc1N(C1CC1)[C@H]1CC[C@H](N(C)c2c(C#N)c(=O)n(C)c3ccc(C#N)nc23)CC1. The quantitative estimate of drug-likeness (QED) is 0.499. The van der Waals surface area contributed by atoms with Crippen molar-refractivity contribution < 1.29 is 9.13 Å². The third-order valence-corrected chi connectivity index (χ3v) is 7.76. The molecule has 37 heavy (non-hydrogen) atoms. The molecule has 2 aliphatic rings. The standard InChI is InChI=1S/C28H29FN6O2/c1-33(27-22(16-31)28(36)34(2)24-13-5-18(15-30)32-26(24)27)19-6-8-20(9-7-19)35(21-10-11-21)23-12-4-17(29)14-25(23)37-3/h4-5,12-14,19-21H,6-11H2,1-3H3/t19-,20-. The number of nitrogens with zero attached hydrogens (tertiary/aromatic N) is 6. The van der Waals surface area contributed by atoms with Crippen LogP contribution in [0.25, 0.3) is 11.0 Å². The van der Waals surface area contributed by atoms with Crippen LogP contribution in [-0.2, 0) is 7.05 Å². The number of benzene rings is 1. The van der Waals surface area contributed by atoms with Gasteiger partial charge in [0.05, 0.1) is 24.0 Å². The number of aryl methyl sites for hydroxylation is 1. The minimum Gasteiger partial charge on any atom is -0.494 e. The van der Waals surface area contributed by atoms with E-state index in [-0.39, 0.29) is 34.7 Å². The summed E-state index contributed by atoms with van der Waals surface area (Å²) >= 11 is 0. The summed E-state index contributed by atoms with van der Waals surface area (Å²) in [5.74, 6) is 0.236. The van der Waals surface area contributed by atoms with Gasteiger partial charge in [0.15, 0.2) is 0 Å². The van der Waals surface area contributed by atoms with E-state index in [0.717, 1.165) is 44.2 Å². The molecule has 0 aliphatic heterocycles. The highest BCUT2D eigenvalue weighted by Crippen LogP contribution is 2.43. The van der Waals surface area contributed by atoms with Gasteiger partial charge in [-0.15, -0.1) is 0 Å². The molecule has 3 aromatic rings. The minimum absolute atomic E-state index is 0.0397. The summed E-state index contributed by atoms with van der Waals surface area (Å²) in [7, 11) is 5.09. The number of ether oxygens (including phenoxy) is 1. The van der Waals surface area contributed by atoms with Gasteiger partial charge in [0.1, 0.15) is 40.5 Å². The maximum absolute atomic E-state index is 13.9. The number of aromatic nitrogens is 2. The summed E-state index contributed by atoms with van der Waals surface area (Å²) in [6.07, 6.45) is 5.75. The first kappa shape index (κ1) is 24.6. The van der Waals surface area contributed by atoms with Crippen molar-refractivity contribution in [3.8, 4) is 17.9 Å². The number of halogens is 1. The zero-order valence-electron chi connectivity index (χ0n) is 21.2. The van der Waals surface area contributed by atoms with Gasteiger partial charge in [-0.1, -0.05) is 0 Å². The largest absolute Gasteiger partial charge is 0.494 e. The molecule has 0 unspecified atom stereocenters. The van der Waals surface area contributed by atoms with Crippen molar-refractivity contribution in [3.63, 3.8) is 0 Å². The van der Waals surface area contributed by atoms with Crippen LogP contribution in [0, 0.1) is 28.5 Å². The predicted molar refractivity (Wildman–Crippen MR) is 139 cm³/mol. The van der Waals surface area contributed by atoms with Crippen LogP contribution in [0.15, 0.2) is 35.1 Å². The van der Waals surface area contributed by atoms with Gasteiger partial charge in [0.2, 0.25) is 0 Å². The lowest BCUT2D eigenvalue weighted by Gasteiger charge is -2.42. The zero-order chi connectivity index (χ0) is 26.3. The third kappa shape index (κ3) is 4.35. The van der Waals surface area contributed by atoms with E-state index >= 15 is 0 Å². The second-order valence-electron chi connectivity index (χ2n) is 9.90. The molecule has 5 rings (SSSR count). The van der Waals surface area contributed by atoms with Gasteiger partial charge in [0, 0.05) is 38.3 Å². The summed E-state index contributed by atoms with van der Waals surface area (Å²) in [5, 5.41) is 19.3. The first-order valence-corrected chi connectivity index (χ1v) is 12.6. The summed E-state index contributed by atoms with van der Waals surface area (Å²) in [5.41, 5.74) is 2.39. The van der Waals surface area contributed by atoms with Crippen LogP contribution in [0.4, 0.5) is 15.8 Å². The van der Waals surface area contributed by atoms with Gasteiger partial charge in [0.25, 0.3) is 5.56 Å². The Hall–Kier alpha value is -4.11. The smallest absolute Gasteiger partial charge is 0.270 e. The molecule has 1 aromatic carbocycles. The molecule has 0 radical (unpaired) electrons. The highest BCUT2D eigenvalue weighted by molar-refractivity contribution is 5.92. The Labute approximate surface area is 215 Å². The molecule has 0 amide bonds. The Morgan fingerprint density at radius 2 is 1.68 bits per heavy atom. The molecule has 0 N–H and O–H groups in total. The molecule has 9 heteroatoms. The lowest BCUT2D eigenvalue weighted by atomic mass is 9.88. The van der Waals surface area contributed by atoms with Gasteiger partial charge in [-0.2, -0.15) is 10.5 Å². The van der Waals surface area contributed by atoms with Crippen molar-refractivity contribution in [1.82, 2.24) is 9.55 Å². The fourth-order valence-corrected chi connectivity index (χ4v) is 5.72. The normalized spacial score (nSPS) is 19.2. The number of hydrogen-bond donors (Lipinski definition) is 0. The summed E-state index contributed by atoms with van der Waals surface area (Å²) in [4.78, 5) is 21.9. The van der Waals surface area contributed by atoms with E-state index < -0.39 is 0 Å². The molecule has 2 fully saturated rings. The Morgan fingerprint density at radius 3 is 2.27 bits per heavy atom. The summed E-state index contributed by atoms with van der Waals surface area (Å²) < 4.78 is 20.8. The van der Waals surface area contributed by atoms with Crippen molar-refractivity contribution in [3.05, 3.63) is 57.8 Å². The topological polar surface area (TPSA) is 98.2 Å². The van der Waals surface area contributed by atoms with Crippen LogP contribution in [0.3, 0.4) is 0 Å². The number of hydrogen-bond acceptors (Lipinski definition) is 7. The minimum atomic E-state index is -0.375. The number of pyridine rings is 2. The summed E-state index contributed by atoms with van der Waals surface area (Å²) in [6.45, 7) is 0. The molecule has 2 saturated carbocycles. The second-order valence-corrected chi connectivity index (χ2v) is 9.90. The van der Waals surface area contributed by atoms with Crippen molar-refractivity contribution in [2.75, 3.05) is 24.0 Å². The lowest BCUT2D eigenvalue weighted by Crippen LogP contribution is -2.45. The fraction of sp³-hybridized carbons (Fsp3) is 0.429. The molecule has 0 atom stereocenters. The fourth-order valence-electron chi connectivity index (χ4n) is 5.72. The van der Waals surface area contributed by atoms with Crippen LogP contribution >= 0.6 is 0 Å². The molecule has 0 bridgehead atoms. The molecule has 0 saturated heterocycles. The van der Waals surface area contributed by atoms with Crippen LogP contribution in [0.5, 0.6) is 5.75 Å². The highest BCUT2D eigenvalue weighted by Gasteiger charge is 2.38. The van der Waals surface area contributed by atoms with Gasteiger partial charge in [-0.05, 0) is 62.8 Å². The molecular weight excluding hydrogens is 471 g/mol. The van der Waals surface area contributed by atoms with Gasteiger partial charge >= 0.3 is 0 Å². The predicted octanol–water partition coefficient (Wildman–Crippen LogP) is 4.24. The van der Waals surface area contributed by atoms with Crippen LogP contribution < -0.4 is 20.1 Å². The Balaban J connectivity index is 1.45. The number of fused-ring (bicyclic) bond motifs is 1. The van der Waals surface area contributed by atoms with Crippen molar-refractivity contribution in [2.45, 2.75) is 56.7 Å². The van der Waals surface area contributed by atoms with Crippen molar-refractivity contribution in [2.24, 2.45) is 7.05 Å². The molecular formula is C28H29FN6O2. The first-order chi connectivity index (χ1) is 17.9. The van der Waals surface area contributed by atoms with Gasteiger partial charge in [-0.25, -0.2) is 9.37 Å². The Bertz CT molecular complexity index is 1490. The summed E-state index contributed by atoms with van der Waals surface area (Å²) in [6, 6.07) is 13.0.